The SMILES string of the molecule is Cc1nn(C)c2[nH]c(=O)c(CCC(=O)NCc3ccc(CN4CCN(C)CC4)cc3)c(C)c12. The number of fused-ring (bicyclic) bond motifs is 1. The molecule has 1 fully saturated rings. The summed E-state index contributed by atoms with van der Waals surface area (Å²) in [5.74, 6) is -0.0571. The van der Waals surface area contributed by atoms with Crippen molar-refractivity contribution in [1.29, 1.82) is 0 Å². The average Bonchev–Trinajstić information content (AvgIpc) is 3.07. The first-order valence-corrected chi connectivity index (χ1v) is 11.6. The molecule has 8 heteroatoms. The number of carbonyl (C=O) groups excluding carboxylic acids is 1. The van der Waals surface area contributed by atoms with Crippen molar-refractivity contribution in [3.8, 4) is 0 Å². The molecular formula is C25H34N6O2. The maximum absolute atomic E-state index is 12.6. The van der Waals surface area contributed by atoms with Crippen molar-refractivity contribution in [2.45, 2.75) is 39.8 Å². The number of aryl methyl sites for hydroxylation is 3. The lowest BCUT2D eigenvalue weighted by Gasteiger charge is -2.32. The predicted molar refractivity (Wildman–Crippen MR) is 130 cm³/mol. The van der Waals surface area contributed by atoms with E-state index in [2.05, 4.69) is 56.5 Å². The van der Waals surface area contributed by atoms with Crippen molar-refractivity contribution in [1.82, 2.24) is 29.9 Å². The van der Waals surface area contributed by atoms with Crippen molar-refractivity contribution in [3.05, 3.63) is 62.6 Å². The third-order valence-corrected chi connectivity index (χ3v) is 6.67. The van der Waals surface area contributed by atoms with Gasteiger partial charge in [-0.1, -0.05) is 24.3 Å². The van der Waals surface area contributed by atoms with E-state index in [1.54, 1.807) is 4.68 Å². The highest BCUT2D eigenvalue weighted by Crippen LogP contribution is 2.21. The van der Waals surface area contributed by atoms with Crippen molar-refractivity contribution >= 4 is 16.9 Å². The number of pyridine rings is 1. The standard InChI is InChI=1S/C25H34N6O2/c1-17-21(25(33)27-24-23(17)18(2)28-30(24)4)9-10-22(32)26-15-19-5-7-20(8-6-19)16-31-13-11-29(3)12-14-31/h5-8H,9-16H2,1-4H3,(H,26,32)(H,27,33). The Morgan fingerprint density at radius 2 is 1.73 bits per heavy atom. The predicted octanol–water partition coefficient (Wildman–Crippen LogP) is 1.87. The average molecular weight is 451 g/mol. The van der Waals surface area contributed by atoms with Gasteiger partial charge in [0.1, 0.15) is 5.65 Å². The van der Waals surface area contributed by atoms with E-state index in [1.165, 1.54) is 5.56 Å². The molecule has 2 aromatic heterocycles. The largest absolute Gasteiger partial charge is 0.352 e. The molecule has 0 spiro atoms. The minimum atomic E-state index is -0.147. The van der Waals surface area contributed by atoms with E-state index in [4.69, 9.17) is 0 Å². The molecule has 1 amide bonds. The second-order valence-corrected chi connectivity index (χ2v) is 9.16. The Balaban J connectivity index is 1.29. The number of aromatic amines is 1. The van der Waals surface area contributed by atoms with Gasteiger partial charge in [-0.05, 0) is 44.0 Å². The molecule has 4 rings (SSSR count). The Morgan fingerprint density at radius 1 is 1.06 bits per heavy atom. The fourth-order valence-electron chi connectivity index (χ4n) is 4.61. The van der Waals surface area contributed by atoms with Crippen LogP contribution in [0.5, 0.6) is 0 Å². The van der Waals surface area contributed by atoms with Crippen molar-refractivity contribution in [2.75, 3.05) is 33.2 Å². The molecule has 8 nitrogen and oxygen atoms in total. The molecule has 0 bridgehead atoms. The first kappa shape index (κ1) is 23.2. The Hall–Kier alpha value is -2.97. The molecule has 0 saturated carbocycles. The molecule has 0 radical (unpaired) electrons. The summed E-state index contributed by atoms with van der Waals surface area (Å²) in [5.41, 5.74) is 5.39. The molecule has 3 aromatic rings. The molecule has 1 aliphatic rings. The summed E-state index contributed by atoms with van der Waals surface area (Å²) < 4.78 is 1.69. The van der Waals surface area contributed by atoms with Crippen LogP contribution in [-0.2, 0) is 31.4 Å². The zero-order valence-electron chi connectivity index (χ0n) is 20.1. The van der Waals surface area contributed by atoms with E-state index in [1.807, 2.05) is 20.9 Å². The molecule has 0 atom stereocenters. The molecule has 3 heterocycles. The van der Waals surface area contributed by atoms with E-state index in [0.29, 0.717) is 18.5 Å². The van der Waals surface area contributed by atoms with Gasteiger partial charge >= 0.3 is 0 Å². The zero-order chi connectivity index (χ0) is 23.5. The van der Waals surface area contributed by atoms with Crippen LogP contribution in [0.2, 0.25) is 0 Å². The summed E-state index contributed by atoms with van der Waals surface area (Å²) in [5, 5.41) is 8.34. The van der Waals surface area contributed by atoms with Crippen molar-refractivity contribution in [2.24, 2.45) is 7.05 Å². The number of nitrogens with zero attached hydrogens (tertiary/aromatic N) is 4. The molecule has 0 unspecified atom stereocenters. The van der Waals surface area contributed by atoms with Gasteiger partial charge < -0.3 is 15.2 Å². The second-order valence-electron chi connectivity index (χ2n) is 9.16. The third kappa shape index (κ3) is 5.34. The number of benzene rings is 1. The maximum Gasteiger partial charge on any atom is 0.253 e. The van der Waals surface area contributed by atoms with Gasteiger partial charge in [0, 0.05) is 63.7 Å². The van der Waals surface area contributed by atoms with E-state index in [0.717, 1.165) is 60.6 Å². The lowest BCUT2D eigenvalue weighted by Crippen LogP contribution is -2.43. The highest BCUT2D eigenvalue weighted by molar-refractivity contribution is 5.83. The first-order chi connectivity index (χ1) is 15.8. The van der Waals surface area contributed by atoms with Crippen LogP contribution < -0.4 is 10.9 Å². The molecule has 176 valence electrons. The lowest BCUT2D eigenvalue weighted by molar-refractivity contribution is -0.121. The van der Waals surface area contributed by atoms with Crippen LogP contribution in [0.1, 0.15) is 34.4 Å². The fraction of sp³-hybridized carbons (Fsp3) is 0.480. The van der Waals surface area contributed by atoms with Crippen LogP contribution in [0, 0.1) is 13.8 Å². The van der Waals surface area contributed by atoms with E-state index < -0.39 is 0 Å². The van der Waals surface area contributed by atoms with Crippen LogP contribution in [0.25, 0.3) is 11.0 Å². The number of H-pyrrole nitrogens is 1. The van der Waals surface area contributed by atoms with Gasteiger partial charge in [-0.25, -0.2) is 0 Å². The number of nitrogens with one attached hydrogen (secondary N) is 2. The summed E-state index contributed by atoms with van der Waals surface area (Å²) in [6.45, 7) is 9.76. The number of hydrogen-bond acceptors (Lipinski definition) is 5. The van der Waals surface area contributed by atoms with Crippen LogP contribution in [-0.4, -0.2) is 63.7 Å². The highest BCUT2D eigenvalue weighted by atomic mass is 16.1. The number of amides is 1. The van der Waals surface area contributed by atoms with Crippen molar-refractivity contribution < 1.29 is 4.79 Å². The molecule has 33 heavy (non-hydrogen) atoms. The monoisotopic (exact) mass is 450 g/mol. The van der Waals surface area contributed by atoms with Gasteiger partial charge in [0.05, 0.1) is 5.69 Å². The summed E-state index contributed by atoms with van der Waals surface area (Å²) in [4.78, 5) is 32.8. The smallest absolute Gasteiger partial charge is 0.253 e. The number of rotatable bonds is 7. The molecule has 2 N–H and O–H groups in total. The van der Waals surface area contributed by atoms with Gasteiger partial charge in [-0.15, -0.1) is 0 Å². The number of aromatic nitrogens is 3. The van der Waals surface area contributed by atoms with Crippen molar-refractivity contribution in [3.63, 3.8) is 0 Å². The molecule has 0 aliphatic carbocycles. The van der Waals surface area contributed by atoms with Crippen LogP contribution >= 0.6 is 0 Å². The van der Waals surface area contributed by atoms with Gasteiger partial charge in [-0.2, -0.15) is 5.10 Å². The van der Waals surface area contributed by atoms with Crippen LogP contribution in [0.3, 0.4) is 0 Å². The van der Waals surface area contributed by atoms with Crippen LogP contribution in [0.15, 0.2) is 29.1 Å². The number of likely N-dealkylation sites (N-methyl/N-ethyl adjacent to an activating group) is 1. The fourth-order valence-corrected chi connectivity index (χ4v) is 4.61. The topological polar surface area (TPSA) is 86.3 Å². The minimum Gasteiger partial charge on any atom is -0.352 e. The zero-order valence-corrected chi connectivity index (χ0v) is 20.1. The number of piperazine rings is 1. The summed E-state index contributed by atoms with van der Waals surface area (Å²) in [6.07, 6.45) is 0.678. The Bertz CT molecular complexity index is 1190. The summed E-state index contributed by atoms with van der Waals surface area (Å²) in [6, 6.07) is 8.46. The molecule has 1 saturated heterocycles. The van der Waals surface area contributed by atoms with E-state index in [9.17, 15) is 9.59 Å². The Morgan fingerprint density at radius 3 is 2.42 bits per heavy atom. The van der Waals surface area contributed by atoms with Gasteiger partial charge in [-0.3, -0.25) is 19.2 Å². The Kier molecular flexibility index (Phi) is 6.95. The van der Waals surface area contributed by atoms with E-state index in [-0.39, 0.29) is 17.9 Å². The van der Waals surface area contributed by atoms with Crippen LogP contribution in [0.4, 0.5) is 0 Å². The highest BCUT2D eigenvalue weighted by Gasteiger charge is 2.16. The molecule has 1 aliphatic heterocycles. The normalized spacial score (nSPS) is 15.3. The number of carbonyl (C=O) groups is 1. The quantitative estimate of drug-likeness (QED) is 0.574. The minimum absolute atomic E-state index is 0.0571. The summed E-state index contributed by atoms with van der Waals surface area (Å²) >= 11 is 0. The Labute approximate surface area is 194 Å². The van der Waals surface area contributed by atoms with Gasteiger partial charge in [0.25, 0.3) is 5.56 Å². The third-order valence-electron chi connectivity index (χ3n) is 6.67. The maximum atomic E-state index is 12.6. The van der Waals surface area contributed by atoms with Gasteiger partial charge in [0.2, 0.25) is 5.91 Å². The summed E-state index contributed by atoms with van der Waals surface area (Å²) in [7, 11) is 3.98. The lowest BCUT2D eigenvalue weighted by atomic mass is 10.0. The molecular weight excluding hydrogens is 416 g/mol. The molecule has 1 aromatic carbocycles. The first-order valence-electron chi connectivity index (χ1n) is 11.6. The second kappa shape index (κ2) is 9.89. The van der Waals surface area contributed by atoms with E-state index >= 15 is 0 Å². The number of hydrogen-bond donors (Lipinski definition) is 2. The van der Waals surface area contributed by atoms with Gasteiger partial charge in [0.15, 0.2) is 0 Å².